The maximum atomic E-state index is 13.3. The molecule has 1 fully saturated rings. The van der Waals surface area contributed by atoms with Gasteiger partial charge in [-0.15, -0.1) is 0 Å². The lowest BCUT2D eigenvalue weighted by Gasteiger charge is -2.33. The van der Waals surface area contributed by atoms with Gasteiger partial charge < -0.3 is 10.3 Å². The van der Waals surface area contributed by atoms with Crippen LogP contribution in [-0.2, 0) is 5.54 Å². The zero-order chi connectivity index (χ0) is 12.8. The van der Waals surface area contributed by atoms with E-state index in [2.05, 4.69) is 26.1 Å². The van der Waals surface area contributed by atoms with Crippen LogP contribution in [0.3, 0.4) is 0 Å². The largest absolute Gasteiger partial charge is 0.337 e. The highest BCUT2D eigenvalue weighted by Crippen LogP contribution is 2.38. The number of halogens is 2. The topological polar surface area (TPSA) is 64.9 Å². The molecule has 0 saturated heterocycles. The van der Waals surface area contributed by atoms with Crippen molar-refractivity contribution in [1.82, 2.24) is 10.1 Å². The molecule has 0 radical (unpaired) electrons. The van der Waals surface area contributed by atoms with Crippen molar-refractivity contribution in [2.75, 3.05) is 0 Å². The zero-order valence-electron chi connectivity index (χ0n) is 9.49. The predicted octanol–water partition coefficient (Wildman–Crippen LogP) is 2.98. The summed E-state index contributed by atoms with van der Waals surface area (Å²) in [6.45, 7) is 0. The van der Waals surface area contributed by atoms with Crippen LogP contribution in [0.5, 0.6) is 0 Å². The number of hydrogen-bond donors (Lipinski definition) is 1. The van der Waals surface area contributed by atoms with Crippen LogP contribution in [0, 0.1) is 5.82 Å². The summed E-state index contributed by atoms with van der Waals surface area (Å²) < 4.78 is 19.1. The van der Waals surface area contributed by atoms with Crippen LogP contribution in [0.1, 0.15) is 25.2 Å². The lowest BCUT2D eigenvalue weighted by Crippen LogP contribution is -2.43. The zero-order valence-corrected chi connectivity index (χ0v) is 11.1. The Balaban J connectivity index is 1.97. The van der Waals surface area contributed by atoms with E-state index in [1.165, 1.54) is 12.1 Å². The second kappa shape index (κ2) is 4.13. The fourth-order valence-corrected chi connectivity index (χ4v) is 2.46. The molecule has 1 aromatic carbocycles. The molecule has 4 nitrogen and oxygen atoms in total. The Bertz CT molecular complexity index is 575. The van der Waals surface area contributed by atoms with Crippen LogP contribution in [0.15, 0.2) is 27.2 Å². The minimum atomic E-state index is -0.490. The van der Waals surface area contributed by atoms with Gasteiger partial charge >= 0.3 is 0 Å². The normalized spacial score (nSPS) is 17.5. The third kappa shape index (κ3) is 1.95. The van der Waals surface area contributed by atoms with Crippen molar-refractivity contribution < 1.29 is 8.91 Å². The summed E-state index contributed by atoms with van der Waals surface area (Å²) in [7, 11) is 0. The summed E-state index contributed by atoms with van der Waals surface area (Å²) in [5.41, 5.74) is 6.17. The summed E-state index contributed by atoms with van der Waals surface area (Å²) in [5, 5.41) is 3.86. The van der Waals surface area contributed by atoms with E-state index in [4.69, 9.17) is 10.3 Å². The molecule has 1 saturated carbocycles. The van der Waals surface area contributed by atoms with E-state index in [-0.39, 0.29) is 5.82 Å². The summed E-state index contributed by atoms with van der Waals surface area (Å²) >= 11 is 3.23. The molecule has 0 unspecified atom stereocenters. The van der Waals surface area contributed by atoms with E-state index in [9.17, 15) is 4.39 Å². The predicted molar refractivity (Wildman–Crippen MR) is 67.1 cm³/mol. The van der Waals surface area contributed by atoms with Gasteiger partial charge in [-0.1, -0.05) is 21.1 Å². The first kappa shape index (κ1) is 11.8. The Morgan fingerprint density at radius 2 is 2.11 bits per heavy atom. The third-order valence-corrected chi connectivity index (χ3v) is 3.68. The molecule has 1 aliphatic rings. The van der Waals surface area contributed by atoms with Gasteiger partial charge in [0.15, 0.2) is 0 Å². The molecule has 2 N–H and O–H groups in total. The van der Waals surface area contributed by atoms with Crippen LogP contribution < -0.4 is 5.73 Å². The number of hydrogen-bond acceptors (Lipinski definition) is 4. The summed E-state index contributed by atoms with van der Waals surface area (Å²) in [4.78, 5) is 4.27. The standard InChI is InChI=1S/C12H11BrFN3O/c13-8-4-7(5-9(14)6-8)10-16-11(18-17-10)12(15)2-1-3-12/h4-6H,1-3,15H2. The lowest BCUT2D eigenvalue weighted by atomic mass is 9.78. The smallest absolute Gasteiger partial charge is 0.247 e. The second-order valence-corrected chi connectivity index (χ2v) is 5.51. The van der Waals surface area contributed by atoms with Crippen molar-refractivity contribution >= 4 is 15.9 Å². The molecule has 0 bridgehead atoms. The molecule has 1 aromatic heterocycles. The molecule has 0 amide bonds. The van der Waals surface area contributed by atoms with E-state index in [0.717, 1.165) is 19.3 Å². The van der Waals surface area contributed by atoms with Gasteiger partial charge in [0.2, 0.25) is 11.7 Å². The number of benzene rings is 1. The fraction of sp³-hybridized carbons (Fsp3) is 0.333. The monoisotopic (exact) mass is 311 g/mol. The average molecular weight is 312 g/mol. The summed E-state index contributed by atoms with van der Waals surface area (Å²) in [6.07, 6.45) is 2.77. The number of nitrogens with two attached hydrogens (primary N) is 1. The number of aromatic nitrogens is 2. The van der Waals surface area contributed by atoms with Crippen molar-refractivity contribution in [3.8, 4) is 11.4 Å². The summed E-state index contributed by atoms with van der Waals surface area (Å²) in [5.74, 6) is 0.447. The molecule has 0 aliphatic heterocycles. The van der Waals surface area contributed by atoms with Gasteiger partial charge in [-0.3, -0.25) is 0 Å². The molecule has 94 valence electrons. The molecule has 18 heavy (non-hydrogen) atoms. The summed E-state index contributed by atoms with van der Waals surface area (Å²) in [6, 6.07) is 4.48. The maximum Gasteiger partial charge on any atom is 0.247 e. The SMILES string of the molecule is NC1(c2nc(-c3cc(F)cc(Br)c3)no2)CCC1. The first-order chi connectivity index (χ1) is 8.57. The van der Waals surface area contributed by atoms with E-state index < -0.39 is 5.54 Å². The molecule has 1 aliphatic carbocycles. The van der Waals surface area contributed by atoms with Crippen molar-refractivity contribution in [2.24, 2.45) is 5.73 Å². The van der Waals surface area contributed by atoms with Gasteiger partial charge in [-0.2, -0.15) is 4.98 Å². The molecule has 3 rings (SSSR count). The van der Waals surface area contributed by atoms with Gasteiger partial charge in [0.1, 0.15) is 5.82 Å². The van der Waals surface area contributed by atoms with Crippen molar-refractivity contribution in [1.29, 1.82) is 0 Å². The second-order valence-electron chi connectivity index (χ2n) is 4.59. The number of nitrogens with zero attached hydrogens (tertiary/aromatic N) is 2. The first-order valence-corrected chi connectivity index (χ1v) is 6.46. The fourth-order valence-electron chi connectivity index (χ4n) is 2.00. The quantitative estimate of drug-likeness (QED) is 0.926. The van der Waals surface area contributed by atoms with Gasteiger partial charge in [0, 0.05) is 10.0 Å². The van der Waals surface area contributed by atoms with E-state index in [0.29, 0.717) is 21.8 Å². The Hall–Kier alpha value is -1.27. The van der Waals surface area contributed by atoms with Crippen LogP contribution in [0.25, 0.3) is 11.4 Å². The minimum absolute atomic E-state index is 0.350. The van der Waals surface area contributed by atoms with Gasteiger partial charge in [-0.05, 0) is 37.5 Å². The van der Waals surface area contributed by atoms with Gasteiger partial charge in [0.25, 0.3) is 0 Å². The van der Waals surface area contributed by atoms with Gasteiger partial charge in [-0.25, -0.2) is 4.39 Å². The maximum absolute atomic E-state index is 13.3. The number of rotatable bonds is 2. The van der Waals surface area contributed by atoms with Crippen LogP contribution in [0.2, 0.25) is 0 Å². The van der Waals surface area contributed by atoms with Gasteiger partial charge in [0.05, 0.1) is 5.54 Å². The Labute approximate surface area is 112 Å². The lowest BCUT2D eigenvalue weighted by molar-refractivity contribution is 0.181. The van der Waals surface area contributed by atoms with Crippen molar-refractivity contribution in [2.45, 2.75) is 24.8 Å². The van der Waals surface area contributed by atoms with Crippen molar-refractivity contribution in [3.63, 3.8) is 0 Å². The first-order valence-electron chi connectivity index (χ1n) is 5.66. The molecule has 1 heterocycles. The molecule has 6 heteroatoms. The molecule has 0 spiro atoms. The molecular formula is C12H11BrFN3O. The highest BCUT2D eigenvalue weighted by molar-refractivity contribution is 9.10. The van der Waals surface area contributed by atoms with E-state index in [1.807, 2.05) is 0 Å². The average Bonchev–Trinajstić information content (AvgIpc) is 2.74. The highest BCUT2D eigenvalue weighted by atomic mass is 79.9. The Morgan fingerprint density at radius 1 is 1.33 bits per heavy atom. The van der Waals surface area contributed by atoms with Crippen LogP contribution >= 0.6 is 15.9 Å². The Morgan fingerprint density at radius 3 is 2.72 bits per heavy atom. The van der Waals surface area contributed by atoms with Crippen LogP contribution in [-0.4, -0.2) is 10.1 Å². The molecule has 2 aromatic rings. The Kier molecular flexibility index (Phi) is 2.71. The van der Waals surface area contributed by atoms with E-state index >= 15 is 0 Å². The molecular weight excluding hydrogens is 301 g/mol. The minimum Gasteiger partial charge on any atom is -0.337 e. The highest BCUT2D eigenvalue weighted by Gasteiger charge is 2.39. The molecule has 0 atom stereocenters. The van der Waals surface area contributed by atoms with E-state index in [1.54, 1.807) is 6.07 Å². The van der Waals surface area contributed by atoms with Crippen LogP contribution in [0.4, 0.5) is 4.39 Å². The third-order valence-electron chi connectivity index (χ3n) is 3.22. The van der Waals surface area contributed by atoms with Crippen molar-refractivity contribution in [3.05, 3.63) is 34.4 Å².